The quantitative estimate of drug-likeness (QED) is 0.654. The number of aliphatic hydroxyl groups is 1. The summed E-state index contributed by atoms with van der Waals surface area (Å²) in [5.74, 6) is 1.60. The second kappa shape index (κ2) is 4.72. The number of thiol groups is 1. The van der Waals surface area contributed by atoms with E-state index < -0.39 is 6.29 Å². The average Bonchev–Trinajstić information content (AvgIpc) is 2.47. The number of rotatable bonds is 0. The Hall–Kier alpha value is 0.230. The fourth-order valence-corrected chi connectivity index (χ4v) is 4.32. The summed E-state index contributed by atoms with van der Waals surface area (Å²) < 4.78 is 11.6. The molecule has 1 N–H and O–H groups in total. The first-order valence-electron chi connectivity index (χ1n) is 6.84. The van der Waals surface area contributed by atoms with Crippen LogP contribution in [0.5, 0.6) is 0 Å². The molecule has 0 amide bonds. The normalized spacial score (nSPS) is 54.9. The standard InChI is InChI=1S/C13H22O3S/c1-7-5-6-8-3-2-4-9-10(8)13(15-7)16-12(14)11(9)17/h7-14,17H,2-6H2,1H3/t7-,8?,9?,10?,11+,12?,13?/m0/s1. The van der Waals surface area contributed by atoms with Gasteiger partial charge in [-0.25, -0.2) is 0 Å². The van der Waals surface area contributed by atoms with E-state index >= 15 is 0 Å². The van der Waals surface area contributed by atoms with Gasteiger partial charge >= 0.3 is 0 Å². The zero-order valence-corrected chi connectivity index (χ0v) is 11.2. The lowest BCUT2D eigenvalue weighted by molar-refractivity contribution is -0.298. The molecule has 0 aromatic rings. The summed E-state index contributed by atoms with van der Waals surface area (Å²) in [5, 5.41) is 9.88. The van der Waals surface area contributed by atoms with Gasteiger partial charge in [-0.15, -0.1) is 0 Å². The number of hydrogen-bond donors (Lipinski definition) is 2. The summed E-state index contributed by atoms with van der Waals surface area (Å²) in [4.78, 5) is 0. The molecule has 0 bridgehead atoms. The highest BCUT2D eigenvalue weighted by Crippen LogP contribution is 2.49. The van der Waals surface area contributed by atoms with Crippen LogP contribution in [0.4, 0.5) is 0 Å². The lowest BCUT2D eigenvalue weighted by Gasteiger charge is -2.48. The summed E-state index contributed by atoms with van der Waals surface area (Å²) in [5.41, 5.74) is 0. The second-order valence-corrected chi connectivity index (χ2v) is 6.44. The molecule has 3 aliphatic rings. The van der Waals surface area contributed by atoms with Gasteiger partial charge in [0.15, 0.2) is 12.6 Å². The molecule has 4 heteroatoms. The van der Waals surface area contributed by atoms with Crippen LogP contribution in [0, 0.1) is 17.8 Å². The molecule has 5 unspecified atom stereocenters. The number of ether oxygens (including phenoxy) is 2. The van der Waals surface area contributed by atoms with Crippen LogP contribution in [0.15, 0.2) is 0 Å². The average molecular weight is 258 g/mol. The van der Waals surface area contributed by atoms with Gasteiger partial charge in [-0.2, -0.15) is 12.6 Å². The van der Waals surface area contributed by atoms with Gasteiger partial charge in [-0.05, 0) is 44.4 Å². The molecular formula is C13H22O3S. The van der Waals surface area contributed by atoms with Crippen LogP contribution < -0.4 is 0 Å². The highest BCUT2D eigenvalue weighted by Gasteiger charge is 2.50. The Labute approximate surface area is 108 Å². The highest BCUT2D eigenvalue weighted by molar-refractivity contribution is 7.81. The van der Waals surface area contributed by atoms with E-state index in [2.05, 4.69) is 19.6 Å². The van der Waals surface area contributed by atoms with Gasteiger partial charge in [-0.1, -0.05) is 6.42 Å². The first-order chi connectivity index (χ1) is 8.16. The van der Waals surface area contributed by atoms with Crippen molar-refractivity contribution in [2.24, 2.45) is 17.8 Å². The maximum Gasteiger partial charge on any atom is 0.169 e. The molecule has 2 heterocycles. The van der Waals surface area contributed by atoms with E-state index in [1.165, 1.54) is 19.3 Å². The summed E-state index contributed by atoms with van der Waals surface area (Å²) in [6.07, 6.45) is 5.32. The maximum absolute atomic E-state index is 9.93. The van der Waals surface area contributed by atoms with Crippen LogP contribution in [0.2, 0.25) is 0 Å². The fourth-order valence-electron chi connectivity index (χ4n) is 3.90. The van der Waals surface area contributed by atoms with Crippen molar-refractivity contribution in [2.45, 2.75) is 63.0 Å². The van der Waals surface area contributed by atoms with E-state index in [1.807, 2.05) is 0 Å². The van der Waals surface area contributed by atoms with E-state index in [9.17, 15) is 5.11 Å². The Balaban J connectivity index is 1.87. The Morgan fingerprint density at radius 2 is 1.94 bits per heavy atom. The van der Waals surface area contributed by atoms with Crippen molar-refractivity contribution in [1.82, 2.24) is 0 Å². The fraction of sp³-hybridized carbons (Fsp3) is 1.00. The van der Waals surface area contributed by atoms with Gasteiger partial charge in [0.25, 0.3) is 0 Å². The zero-order valence-electron chi connectivity index (χ0n) is 10.3. The predicted molar refractivity (Wildman–Crippen MR) is 67.8 cm³/mol. The van der Waals surface area contributed by atoms with Gasteiger partial charge in [0, 0.05) is 5.92 Å². The molecule has 3 nitrogen and oxygen atoms in total. The zero-order chi connectivity index (χ0) is 12.0. The highest BCUT2D eigenvalue weighted by atomic mass is 32.1. The van der Waals surface area contributed by atoms with E-state index in [1.54, 1.807) is 0 Å². The third-order valence-electron chi connectivity index (χ3n) is 4.78. The van der Waals surface area contributed by atoms with Crippen molar-refractivity contribution in [3.05, 3.63) is 0 Å². The number of hydrogen-bond acceptors (Lipinski definition) is 4. The van der Waals surface area contributed by atoms with Crippen LogP contribution in [-0.2, 0) is 9.47 Å². The van der Waals surface area contributed by atoms with E-state index in [0.29, 0.717) is 17.8 Å². The lowest BCUT2D eigenvalue weighted by Crippen LogP contribution is -2.53. The Morgan fingerprint density at radius 1 is 1.12 bits per heavy atom. The van der Waals surface area contributed by atoms with Gasteiger partial charge in [0.05, 0.1) is 11.4 Å². The van der Waals surface area contributed by atoms with Crippen molar-refractivity contribution in [3.8, 4) is 0 Å². The first-order valence-corrected chi connectivity index (χ1v) is 7.35. The van der Waals surface area contributed by atoms with E-state index in [0.717, 1.165) is 12.8 Å². The van der Waals surface area contributed by atoms with Crippen molar-refractivity contribution >= 4 is 12.6 Å². The number of aliphatic hydroxyl groups excluding tert-OH is 1. The Morgan fingerprint density at radius 3 is 2.76 bits per heavy atom. The molecule has 3 rings (SSSR count). The third-order valence-corrected chi connectivity index (χ3v) is 5.42. The third kappa shape index (κ3) is 2.14. The molecule has 3 fully saturated rings. The molecule has 98 valence electrons. The second-order valence-electron chi connectivity index (χ2n) is 5.84. The summed E-state index contributed by atoms with van der Waals surface area (Å²) in [6.45, 7) is 2.11. The van der Waals surface area contributed by atoms with Gasteiger partial charge in [0.2, 0.25) is 0 Å². The van der Waals surface area contributed by atoms with Crippen molar-refractivity contribution in [3.63, 3.8) is 0 Å². The van der Waals surface area contributed by atoms with Crippen LogP contribution in [-0.4, -0.2) is 29.0 Å². The monoisotopic (exact) mass is 258 g/mol. The molecule has 0 spiro atoms. The van der Waals surface area contributed by atoms with Crippen LogP contribution in [0.25, 0.3) is 0 Å². The molecule has 2 aliphatic heterocycles. The first kappa shape index (κ1) is 12.3. The van der Waals surface area contributed by atoms with Crippen LogP contribution in [0.3, 0.4) is 0 Å². The largest absolute Gasteiger partial charge is 0.367 e. The maximum atomic E-state index is 9.93. The van der Waals surface area contributed by atoms with E-state index in [4.69, 9.17) is 9.47 Å². The molecule has 7 atom stereocenters. The van der Waals surface area contributed by atoms with Crippen molar-refractivity contribution in [1.29, 1.82) is 0 Å². The summed E-state index contributed by atoms with van der Waals surface area (Å²) in [6, 6.07) is 0. The summed E-state index contributed by atoms with van der Waals surface area (Å²) >= 11 is 4.55. The van der Waals surface area contributed by atoms with Crippen LogP contribution in [0.1, 0.15) is 39.0 Å². The van der Waals surface area contributed by atoms with E-state index in [-0.39, 0.29) is 17.6 Å². The molecule has 17 heavy (non-hydrogen) atoms. The molecule has 1 aliphatic carbocycles. The van der Waals surface area contributed by atoms with Gasteiger partial charge in [-0.3, -0.25) is 0 Å². The minimum absolute atomic E-state index is 0.0453. The molecule has 1 saturated carbocycles. The summed E-state index contributed by atoms with van der Waals surface area (Å²) in [7, 11) is 0. The minimum Gasteiger partial charge on any atom is -0.367 e. The Kier molecular flexibility index (Phi) is 3.41. The molecule has 0 aromatic heterocycles. The van der Waals surface area contributed by atoms with Crippen molar-refractivity contribution < 1.29 is 14.6 Å². The minimum atomic E-state index is -0.770. The smallest absolute Gasteiger partial charge is 0.169 e. The molecule has 0 aromatic carbocycles. The van der Waals surface area contributed by atoms with Gasteiger partial charge in [0.1, 0.15) is 0 Å². The molecule has 0 radical (unpaired) electrons. The predicted octanol–water partition coefficient (Wildman–Crippen LogP) is 2.19. The molecule has 2 saturated heterocycles. The van der Waals surface area contributed by atoms with Crippen LogP contribution >= 0.6 is 12.6 Å². The van der Waals surface area contributed by atoms with Gasteiger partial charge < -0.3 is 14.6 Å². The van der Waals surface area contributed by atoms with Crippen molar-refractivity contribution in [2.75, 3.05) is 0 Å². The SMILES string of the molecule is C[C@H]1CCC2CCCC3C2C(OC(O)[C@@H]3S)O1. The topological polar surface area (TPSA) is 38.7 Å². The molecular weight excluding hydrogens is 236 g/mol. The Bertz CT molecular complexity index is 286. The lowest BCUT2D eigenvalue weighted by atomic mass is 9.68.